The van der Waals surface area contributed by atoms with Crippen LogP contribution >= 0.6 is 15.9 Å². The summed E-state index contributed by atoms with van der Waals surface area (Å²) >= 11 is 3.54. The number of aromatic nitrogens is 2. The summed E-state index contributed by atoms with van der Waals surface area (Å²) in [5.74, 6) is 2.48. The monoisotopic (exact) mass is 349 g/mol. The van der Waals surface area contributed by atoms with Crippen molar-refractivity contribution in [2.45, 2.75) is 19.3 Å². The highest BCUT2D eigenvalue weighted by Crippen LogP contribution is 2.38. The molecule has 0 unspecified atom stereocenters. The third-order valence-corrected chi connectivity index (χ3v) is 4.34. The van der Waals surface area contributed by atoms with Gasteiger partial charge in [0.25, 0.3) is 0 Å². The molecule has 1 aromatic carbocycles. The van der Waals surface area contributed by atoms with Crippen molar-refractivity contribution >= 4 is 21.7 Å². The Morgan fingerprint density at radius 1 is 1.10 bits per heavy atom. The fraction of sp³-hybridized carbons (Fsp3) is 0.333. The van der Waals surface area contributed by atoms with Gasteiger partial charge in [-0.05, 0) is 47.3 Å². The van der Waals surface area contributed by atoms with Gasteiger partial charge >= 0.3 is 0 Å². The second-order valence-corrected chi connectivity index (χ2v) is 5.75. The SMILES string of the molecule is COc1cc(Br)c(-c2nc(N)c3c(n2)CCC3)cc1OC. The summed E-state index contributed by atoms with van der Waals surface area (Å²) in [6.45, 7) is 0. The second kappa shape index (κ2) is 5.52. The number of hydrogen-bond donors (Lipinski definition) is 1. The minimum absolute atomic E-state index is 0.578. The number of methoxy groups -OCH3 is 2. The summed E-state index contributed by atoms with van der Waals surface area (Å²) in [5.41, 5.74) is 9.05. The van der Waals surface area contributed by atoms with Gasteiger partial charge in [-0.25, -0.2) is 9.97 Å². The van der Waals surface area contributed by atoms with Crippen LogP contribution in [0.15, 0.2) is 16.6 Å². The Morgan fingerprint density at radius 2 is 1.81 bits per heavy atom. The van der Waals surface area contributed by atoms with E-state index in [1.807, 2.05) is 12.1 Å². The molecule has 1 aliphatic rings. The molecule has 0 bridgehead atoms. The number of aryl methyl sites for hydroxylation is 1. The molecule has 0 aliphatic heterocycles. The standard InChI is InChI=1S/C15H16BrN3O2/c1-20-12-6-9(10(16)7-13(12)21-2)15-18-11-5-3-4-8(11)14(17)19-15/h6-7H,3-5H2,1-2H3,(H2,17,18,19). The summed E-state index contributed by atoms with van der Waals surface area (Å²) in [4.78, 5) is 9.11. The first-order chi connectivity index (χ1) is 10.1. The van der Waals surface area contributed by atoms with Crippen molar-refractivity contribution in [3.8, 4) is 22.9 Å². The normalized spacial score (nSPS) is 13.1. The highest BCUT2D eigenvalue weighted by atomic mass is 79.9. The van der Waals surface area contributed by atoms with Crippen molar-refractivity contribution in [3.63, 3.8) is 0 Å². The summed E-state index contributed by atoms with van der Waals surface area (Å²) in [5, 5.41) is 0. The summed E-state index contributed by atoms with van der Waals surface area (Å²) in [6, 6.07) is 3.71. The van der Waals surface area contributed by atoms with E-state index < -0.39 is 0 Å². The Morgan fingerprint density at radius 3 is 2.52 bits per heavy atom. The zero-order valence-corrected chi connectivity index (χ0v) is 13.5. The lowest BCUT2D eigenvalue weighted by Crippen LogP contribution is -2.03. The largest absolute Gasteiger partial charge is 0.493 e. The molecule has 0 fully saturated rings. The van der Waals surface area contributed by atoms with E-state index in [0.717, 1.165) is 40.6 Å². The van der Waals surface area contributed by atoms with Crippen LogP contribution < -0.4 is 15.2 Å². The quantitative estimate of drug-likeness (QED) is 0.922. The molecular weight excluding hydrogens is 334 g/mol. The van der Waals surface area contributed by atoms with Gasteiger partial charge in [0.2, 0.25) is 0 Å². The van der Waals surface area contributed by atoms with Crippen molar-refractivity contribution < 1.29 is 9.47 Å². The highest BCUT2D eigenvalue weighted by molar-refractivity contribution is 9.10. The topological polar surface area (TPSA) is 70.3 Å². The number of nitrogens with zero attached hydrogens (tertiary/aromatic N) is 2. The van der Waals surface area contributed by atoms with Gasteiger partial charge in [-0.1, -0.05) is 0 Å². The van der Waals surface area contributed by atoms with E-state index in [2.05, 4.69) is 25.9 Å². The van der Waals surface area contributed by atoms with Crippen LogP contribution in [0.3, 0.4) is 0 Å². The van der Waals surface area contributed by atoms with Crippen LogP contribution in [0.5, 0.6) is 11.5 Å². The predicted molar refractivity (Wildman–Crippen MR) is 84.7 cm³/mol. The first-order valence-corrected chi connectivity index (χ1v) is 7.50. The smallest absolute Gasteiger partial charge is 0.163 e. The first kappa shape index (κ1) is 14.1. The van der Waals surface area contributed by atoms with E-state index in [9.17, 15) is 0 Å². The predicted octanol–water partition coefficient (Wildman–Crippen LogP) is 2.99. The molecule has 110 valence electrons. The van der Waals surface area contributed by atoms with E-state index in [1.54, 1.807) is 14.2 Å². The van der Waals surface area contributed by atoms with Crippen LogP contribution in [0.25, 0.3) is 11.4 Å². The third-order valence-electron chi connectivity index (χ3n) is 3.68. The maximum Gasteiger partial charge on any atom is 0.163 e. The zero-order chi connectivity index (χ0) is 15.0. The molecule has 0 radical (unpaired) electrons. The summed E-state index contributed by atoms with van der Waals surface area (Å²) in [7, 11) is 3.21. The van der Waals surface area contributed by atoms with Crippen molar-refractivity contribution in [2.75, 3.05) is 20.0 Å². The van der Waals surface area contributed by atoms with E-state index in [1.165, 1.54) is 0 Å². The van der Waals surface area contributed by atoms with Crippen molar-refractivity contribution in [2.24, 2.45) is 0 Å². The maximum absolute atomic E-state index is 6.06. The molecule has 6 heteroatoms. The lowest BCUT2D eigenvalue weighted by Gasteiger charge is -2.12. The molecule has 1 aliphatic carbocycles. The number of benzene rings is 1. The van der Waals surface area contributed by atoms with Gasteiger partial charge < -0.3 is 15.2 Å². The number of anilines is 1. The number of nitrogens with two attached hydrogens (primary N) is 1. The Labute approximate surface area is 131 Å². The van der Waals surface area contributed by atoms with Gasteiger partial charge in [-0.2, -0.15) is 0 Å². The number of fused-ring (bicyclic) bond motifs is 1. The molecule has 2 N–H and O–H groups in total. The number of nitrogen functional groups attached to an aromatic ring is 1. The molecule has 2 aromatic rings. The molecule has 21 heavy (non-hydrogen) atoms. The maximum atomic E-state index is 6.06. The van der Waals surface area contributed by atoms with Crippen LogP contribution in [0.1, 0.15) is 17.7 Å². The molecule has 1 aromatic heterocycles. The minimum atomic E-state index is 0.578. The first-order valence-electron chi connectivity index (χ1n) is 6.71. The van der Waals surface area contributed by atoms with Crippen LogP contribution in [-0.4, -0.2) is 24.2 Å². The highest BCUT2D eigenvalue weighted by Gasteiger charge is 2.20. The minimum Gasteiger partial charge on any atom is -0.493 e. The molecule has 0 amide bonds. The molecule has 3 rings (SSSR count). The van der Waals surface area contributed by atoms with Crippen LogP contribution in [0, 0.1) is 0 Å². The van der Waals surface area contributed by atoms with Gasteiger partial charge in [0.05, 0.1) is 14.2 Å². The fourth-order valence-corrected chi connectivity index (χ4v) is 3.11. The van der Waals surface area contributed by atoms with Crippen molar-refractivity contribution in [1.29, 1.82) is 0 Å². The van der Waals surface area contributed by atoms with E-state index in [-0.39, 0.29) is 0 Å². The summed E-state index contributed by atoms with van der Waals surface area (Å²) < 4.78 is 11.5. The molecule has 0 saturated heterocycles. The molecule has 0 spiro atoms. The molecule has 5 nitrogen and oxygen atoms in total. The Bertz CT molecular complexity index is 704. The van der Waals surface area contributed by atoms with E-state index in [0.29, 0.717) is 23.1 Å². The van der Waals surface area contributed by atoms with Crippen molar-refractivity contribution in [1.82, 2.24) is 9.97 Å². The van der Waals surface area contributed by atoms with Crippen LogP contribution in [0.2, 0.25) is 0 Å². The van der Waals surface area contributed by atoms with Gasteiger partial charge in [0, 0.05) is 21.3 Å². The van der Waals surface area contributed by atoms with Crippen molar-refractivity contribution in [3.05, 3.63) is 27.9 Å². The average Bonchev–Trinajstić information content (AvgIpc) is 2.95. The van der Waals surface area contributed by atoms with Gasteiger partial charge in [0.1, 0.15) is 5.82 Å². The number of rotatable bonds is 3. The zero-order valence-electron chi connectivity index (χ0n) is 11.9. The fourth-order valence-electron chi connectivity index (χ4n) is 2.61. The second-order valence-electron chi connectivity index (χ2n) is 4.90. The number of halogens is 1. The van der Waals surface area contributed by atoms with E-state index in [4.69, 9.17) is 15.2 Å². The van der Waals surface area contributed by atoms with Gasteiger partial charge in [-0.15, -0.1) is 0 Å². The Hall–Kier alpha value is -1.82. The van der Waals surface area contributed by atoms with Gasteiger partial charge in [0.15, 0.2) is 17.3 Å². The lowest BCUT2D eigenvalue weighted by molar-refractivity contribution is 0.355. The Kier molecular flexibility index (Phi) is 3.71. The van der Waals surface area contributed by atoms with E-state index >= 15 is 0 Å². The molecule has 0 saturated carbocycles. The average molecular weight is 350 g/mol. The van der Waals surface area contributed by atoms with Gasteiger partial charge in [-0.3, -0.25) is 0 Å². The third kappa shape index (κ3) is 2.44. The van der Waals surface area contributed by atoms with Crippen LogP contribution in [0.4, 0.5) is 5.82 Å². The molecular formula is C15H16BrN3O2. The number of hydrogen-bond acceptors (Lipinski definition) is 5. The van der Waals surface area contributed by atoms with Crippen LogP contribution in [-0.2, 0) is 12.8 Å². The Balaban J connectivity index is 2.14. The lowest BCUT2D eigenvalue weighted by atomic mass is 10.1. The number of ether oxygens (including phenoxy) is 2. The summed E-state index contributed by atoms with van der Waals surface area (Å²) in [6.07, 6.45) is 3.01. The molecule has 0 atom stereocenters. The molecule has 1 heterocycles.